The van der Waals surface area contributed by atoms with E-state index in [0.29, 0.717) is 0 Å². The zero-order chi connectivity index (χ0) is 3.58. The average Bonchev–Trinajstić information content (AvgIpc) is 0.811. The molecule has 0 atom stereocenters. The predicted octanol–water partition coefficient (Wildman–Crippen LogP) is -6.71. The molecule has 0 saturated carbocycles. The van der Waals surface area contributed by atoms with Crippen LogP contribution in [-0.4, -0.2) is 22.4 Å². The Morgan fingerprint density at radius 3 is 1.25 bits per heavy atom. The summed E-state index contributed by atoms with van der Waals surface area (Å²) in [6.07, 6.45) is 0. The zero-order valence-electron chi connectivity index (χ0n) is 4.82. The summed E-state index contributed by atoms with van der Waals surface area (Å²) in [6, 6.07) is 0. The van der Waals surface area contributed by atoms with Crippen LogP contribution in [0.2, 0.25) is 0 Å². The maximum Gasteiger partial charge on any atom is 1.00 e. The molecule has 0 fully saturated rings. The molecule has 6 heteroatoms. The van der Waals surface area contributed by atoms with E-state index in [1.165, 1.54) is 0 Å². The van der Waals surface area contributed by atoms with Crippen LogP contribution >= 0.6 is 0 Å². The third-order valence-electron chi connectivity index (χ3n) is 0. The minimum atomic E-state index is -1.08. The molecule has 48 valence electrons. The Kier molecular flexibility index (Phi) is 133. The van der Waals surface area contributed by atoms with E-state index in [9.17, 15) is 0 Å². The first-order valence-electron chi connectivity index (χ1n) is 0.908. The molecule has 8 heavy (non-hydrogen) atoms. The molecule has 0 aromatic carbocycles. The van der Waals surface area contributed by atoms with Crippen LogP contribution in [0, 0.1) is 0 Å². The van der Waals surface area contributed by atoms with Gasteiger partial charge in [-0.2, -0.15) is 0 Å². The van der Waals surface area contributed by atoms with Crippen LogP contribution < -0.4 is 34.7 Å². The molecule has 0 unspecified atom stereocenters. The number of carbonyl (C=O) groups is 1. The van der Waals surface area contributed by atoms with Gasteiger partial charge in [0.2, 0.25) is 0 Å². The van der Waals surface area contributed by atoms with Gasteiger partial charge in [0.25, 0.3) is 0 Å². The molecule has 0 bridgehead atoms. The fourth-order valence-corrected chi connectivity index (χ4v) is 0. The van der Waals surface area contributed by atoms with Crippen molar-refractivity contribution in [1.29, 1.82) is 0 Å². The largest absolute Gasteiger partial charge is 1.00 e. The SMILES string of the molecule is C[13C](=O)[O-].O.O.O.[Na+]. The second-order valence-corrected chi connectivity index (χ2v) is 0.492. The normalized spacial score (nSPS) is 3.12. The Hall–Kier alpha value is 0.350. The van der Waals surface area contributed by atoms with Gasteiger partial charge in [0.1, 0.15) is 0 Å². The monoisotopic (exact) mass is 137 g/mol. The summed E-state index contributed by atoms with van der Waals surface area (Å²) >= 11 is 0. The van der Waals surface area contributed by atoms with Crippen molar-refractivity contribution in [3.63, 3.8) is 0 Å². The average molecular weight is 137 g/mol. The Labute approximate surface area is 68.9 Å². The van der Waals surface area contributed by atoms with Crippen LogP contribution in [0.15, 0.2) is 0 Å². The first-order chi connectivity index (χ1) is 1.73. The summed E-state index contributed by atoms with van der Waals surface area (Å²) in [5.41, 5.74) is 0. The minimum absolute atomic E-state index is 0. The van der Waals surface area contributed by atoms with Gasteiger partial charge in [0.15, 0.2) is 0 Å². The van der Waals surface area contributed by atoms with Crippen LogP contribution in [0.25, 0.3) is 0 Å². The van der Waals surface area contributed by atoms with Gasteiger partial charge >= 0.3 is 29.6 Å². The molecule has 6 N–H and O–H groups in total. The summed E-state index contributed by atoms with van der Waals surface area (Å²) in [5, 5.41) is 8.89. The van der Waals surface area contributed by atoms with Gasteiger partial charge < -0.3 is 26.3 Å². The van der Waals surface area contributed by atoms with Gasteiger partial charge in [0, 0.05) is 5.97 Å². The molecule has 0 amide bonds. The number of hydrogen-bond donors (Lipinski definition) is 0. The van der Waals surface area contributed by atoms with E-state index in [2.05, 4.69) is 0 Å². The third kappa shape index (κ3) is 1480. The molecule has 0 heterocycles. The third-order valence-corrected chi connectivity index (χ3v) is 0. The summed E-state index contributed by atoms with van der Waals surface area (Å²) < 4.78 is 0. The maximum atomic E-state index is 8.89. The zero-order valence-corrected chi connectivity index (χ0v) is 6.82. The molecule has 0 aliphatic heterocycles. The maximum absolute atomic E-state index is 8.89. The van der Waals surface area contributed by atoms with E-state index in [-0.39, 0.29) is 46.0 Å². The van der Waals surface area contributed by atoms with Crippen molar-refractivity contribution in [3.8, 4) is 0 Å². The number of hydrogen-bond acceptors (Lipinski definition) is 2. The molecule has 0 aromatic heterocycles. The molecule has 0 aliphatic rings. The van der Waals surface area contributed by atoms with Gasteiger partial charge in [-0.1, -0.05) is 0 Å². The molecule has 0 radical (unpaired) electrons. The molecule has 0 aliphatic carbocycles. The van der Waals surface area contributed by atoms with E-state index in [0.717, 1.165) is 6.92 Å². The van der Waals surface area contributed by atoms with Crippen molar-refractivity contribution in [3.05, 3.63) is 0 Å². The number of carboxylic acid groups (broad SMARTS) is 1. The van der Waals surface area contributed by atoms with Gasteiger partial charge in [-0.25, -0.2) is 0 Å². The Morgan fingerprint density at radius 2 is 1.25 bits per heavy atom. The van der Waals surface area contributed by atoms with Crippen LogP contribution in [-0.2, 0) is 4.79 Å². The van der Waals surface area contributed by atoms with Gasteiger partial charge in [-0.05, 0) is 6.92 Å². The van der Waals surface area contributed by atoms with Crippen molar-refractivity contribution in [2.75, 3.05) is 0 Å². The molecular formula is C2H9NaO5. The van der Waals surface area contributed by atoms with E-state index >= 15 is 0 Å². The van der Waals surface area contributed by atoms with Crippen LogP contribution in [0.5, 0.6) is 0 Å². The van der Waals surface area contributed by atoms with E-state index in [1.54, 1.807) is 0 Å². The Balaban J connectivity index is -0.00000000750. The summed E-state index contributed by atoms with van der Waals surface area (Å²) in [5.74, 6) is -1.08. The number of carboxylic acids is 1. The van der Waals surface area contributed by atoms with Crippen molar-refractivity contribution in [1.82, 2.24) is 0 Å². The number of aliphatic carboxylic acids is 1. The Bertz CT molecular complexity index is 33.4. The van der Waals surface area contributed by atoms with Crippen LogP contribution in [0.1, 0.15) is 6.92 Å². The second kappa shape index (κ2) is 26.4. The fraction of sp³-hybridized carbons (Fsp3) is 0.500. The topological polar surface area (TPSA) is 135 Å². The Morgan fingerprint density at radius 1 is 1.25 bits per heavy atom. The van der Waals surface area contributed by atoms with Crippen molar-refractivity contribution >= 4 is 5.97 Å². The number of carbonyl (C=O) groups excluding carboxylic acids is 1. The minimum Gasteiger partial charge on any atom is -0.550 e. The molecule has 5 nitrogen and oxygen atoms in total. The van der Waals surface area contributed by atoms with Gasteiger partial charge in [-0.3, -0.25) is 0 Å². The van der Waals surface area contributed by atoms with Crippen molar-refractivity contribution in [2.45, 2.75) is 6.92 Å². The first kappa shape index (κ1) is 40.2. The predicted molar refractivity (Wildman–Crippen MR) is 21.5 cm³/mol. The fourth-order valence-electron chi connectivity index (χ4n) is 0. The number of rotatable bonds is 0. The quantitative estimate of drug-likeness (QED) is 0.242. The molecule has 0 aromatic rings. The van der Waals surface area contributed by atoms with Crippen molar-refractivity contribution < 1.29 is 55.9 Å². The summed E-state index contributed by atoms with van der Waals surface area (Å²) in [7, 11) is 0. The van der Waals surface area contributed by atoms with Crippen LogP contribution in [0.3, 0.4) is 0 Å². The van der Waals surface area contributed by atoms with E-state index in [4.69, 9.17) is 9.90 Å². The molecule has 0 spiro atoms. The molecule has 0 rings (SSSR count). The van der Waals surface area contributed by atoms with Crippen LogP contribution in [0.4, 0.5) is 0 Å². The summed E-state index contributed by atoms with van der Waals surface area (Å²) in [6.45, 7) is 0.972. The first-order valence-corrected chi connectivity index (χ1v) is 0.908. The van der Waals surface area contributed by atoms with Gasteiger partial charge in [0.05, 0.1) is 0 Å². The second-order valence-electron chi connectivity index (χ2n) is 0.492. The van der Waals surface area contributed by atoms with E-state index < -0.39 is 5.97 Å². The summed E-state index contributed by atoms with van der Waals surface area (Å²) in [4.78, 5) is 8.89. The van der Waals surface area contributed by atoms with Gasteiger partial charge in [-0.15, -0.1) is 0 Å². The molecular weight excluding hydrogens is 128 g/mol. The van der Waals surface area contributed by atoms with Crippen molar-refractivity contribution in [2.24, 2.45) is 0 Å². The van der Waals surface area contributed by atoms with E-state index in [1.807, 2.05) is 0 Å². The standard InChI is InChI=1S/C2H4O2.Na.3H2O/c1-2(3)4;;;;/h1H3,(H,3,4);;3*1H2/q;+1;;;/p-1/i2+1;;;;. The molecule has 0 saturated heterocycles. The smallest absolute Gasteiger partial charge is 0.550 e.